The fourth-order valence-corrected chi connectivity index (χ4v) is 1.66. The van der Waals surface area contributed by atoms with Gasteiger partial charge in [-0.1, -0.05) is 18.2 Å². The molecule has 0 saturated heterocycles. The quantitative estimate of drug-likeness (QED) is 0.832. The molecular weight excluding hydrogens is 272 g/mol. The van der Waals surface area contributed by atoms with E-state index in [0.717, 1.165) is 24.3 Å². The Labute approximate surface area is 113 Å². The van der Waals surface area contributed by atoms with Gasteiger partial charge < -0.3 is 14.8 Å². The summed E-state index contributed by atoms with van der Waals surface area (Å²) in [4.78, 5) is 0. The molecule has 0 unspecified atom stereocenters. The predicted molar refractivity (Wildman–Crippen MR) is 66.9 cm³/mol. The molecular formula is C13H10BF3O3. The van der Waals surface area contributed by atoms with Crippen LogP contribution in [0, 0.1) is 17.5 Å². The molecule has 0 spiro atoms. The second-order valence-electron chi connectivity index (χ2n) is 4.06. The van der Waals surface area contributed by atoms with Crippen LogP contribution in [-0.2, 0) is 6.61 Å². The van der Waals surface area contributed by atoms with Crippen molar-refractivity contribution in [3.05, 3.63) is 59.4 Å². The summed E-state index contributed by atoms with van der Waals surface area (Å²) in [6.07, 6.45) is 0. The fourth-order valence-electron chi connectivity index (χ4n) is 1.66. The first kappa shape index (κ1) is 14.4. The molecule has 0 atom stereocenters. The third kappa shape index (κ3) is 3.12. The van der Waals surface area contributed by atoms with Crippen molar-refractivity contribution < 1.29 is 28.0 Å². The summed E-state index contributed by atoms with van der Waals surface area (Å²) in [5.41, 5.74) is -0.129. The average Bonchev–Trinajstić information content (AvgIpc) is 2.40. The van der Waals surface area contributed by atoms with Gasteiger partial charge in [-0.2, -0.15) is 0 Å². The molecule has 3 nitrogen and oxygen atoms in total. The molecule has 0 aliphatic carbocycles. The molecule has 2 aromatic rings. The van der Waals surface area contributed by atoms with E-state index in [-0.39, 0.29) is 23.4 Å². The van der Waals surface area contributed by atoms with Crippen LogP contribution in [0.25, 0.3) is 0 Å². The first-order chi connectivity index (χ1) is 9.49. The maximum Gasteiger partial charge on any atom is 0.492 e. The molecule has 2 rings (SSSR count). The highest BCUT2D eigenvalue weighted by molar-refractivity contribution is 6.59. The van der Waals surface area contributed by atoms with Crippen LogP contribution in [0.1, 0.15) is 5.56 Å². The Kier molecular flexibility index (Phi) is 4.31. The van der Waals surface area contributed by atoms with Crippen LogP contribution in [-0.4, -0.2) is 17.2 Å². The predicted octanol–water partition coefficient (Wildman–Crippen LogP) is 1.36. The largest absolute Gasteiger partial charge is 0.492 e. The zero-order valence-corrected chi connectivity index (χ0v) is 10.2. The van der Waals surface area contributed by atoms with E-state index in [0.29, 0.717) is 0 Å². The van der Waals surface area contributed by atoms with Crippen LogP contribution in [0.2, 0.25) is 0 Å². The minimum atomic E-state index is -1.86. The number of rotatable bonds is 4. The molecule has 0 aliphatic rings. The number of ether oxygens (including phenoxy) is 1. The molecule has 7 heteroatoms. The van der Waals surface area contributed by atoms with Gasteiger partial charge >= 0.3 is 7.12 Å². The van der Waals surface area contributed by atoms with Crippen LogP contribution < -0.4 is 10.2 Å². The number of halogens is 3. The van der Waals surface area contributed by atoms with Crippen LogP contribution in [0.4, 0.5) is 13.2 Å². The fraction of sp³-hybridized carbons (Fsp3) is 0.0769. The van der Waals surface area contributed by atoms with E-state index in [9.17, 15) is 13.2 Å². The van der Waals surface area contributed by atoms with E-state index in [1.165, 1.54) is 12.1 Å². The van der Waals surface area contributed by atoms with E-state index in [1.807, 2.05) is 0 Å². The van der Waals surface area contributed by atoms with Crippen molar-refractivity contribution in [2.45, 2.75) is 6.61 Å². The number of benzene rings is 2. The highest BCUT2D eigenvalue weighted by Crippen LogP contribution is 2.16. The number of hydrogen-bond acceptors (Lipinski definition) is 3. The van der Waals surface area contributed by atoms with Gasteiger partial charge in [0.05, 0.1) is 0 Å². The SMILES string of the molecule is OB(O)c1ccc(F)cc1OCc1cccc(F)c1F. The summed E-state index contributed by atoms with van der Waals surface area (Å²) in [5, 5.41) is 18.2. The molecule has 0 amide bonds. The third-order valence-corrected chi connectivity index (χ3v) is 2.67. The molecule has 0 bridgehead atoms. The summed E-state index contributed by atoms with van der Waals surface area (Å²) in [6.45, 7) is -0.368. The highest BCUT2D eigenvalue weighted by Gasteiger charge is 2.18. The van der Waals surface area contributed by atoms with Crippen LogP contribution in [0.15, 0.2) is 36.4 Å². The van der Waals surface area contributed by atoms with Gasteiger partial charge in [-0.15, -0.1) is 0 Å². The first-order valence-corrected chi connectivity index (χ1v) is 5.70. The molecule has 0 heterocycles. The van der Waals surface area contributed by atoms with Crippen molar-refractivity contribution in [2.24, 2.45) is 0 Å². The lowest BCUT2D eigenvalue weighted by Crippen LogP contribution is -2.31. The monoisotopic (exact) mass is 282 g/mol. The Morgan fingerprint density at radius 1 is 1.05 bits per heavy atom. The molecule has 20 heavy (non-hydrogen) atoms. The Morgan fingerprint density at radius 2 is 1.80 bits per heavy atom. The van der Waals surface area contributed by atoms with E-state index in [1.54, 1.807) is 0 Å². The molecule has 0 aliphatic heterocycles. The Hall–Kier alpha value is -1.99. The maximum atomic E-state index is 13.4. The first-order valence-electron chi connectivity index (χ1n) is 5.70. The summed E-state index contributed by atoms with van der Waals surface area (Å²) >= 11 is 0. The molecule has 104 valence electrons. The van der Waals surface area contributed by atoms with Gasteiger partial charge in [0.25, 0.3) is 0 Å². The van der Waals surface area contributed by atoms with Crippen molar-refractivity contribution >= 4 is 12.6 Å². The topological polar surface area (TPSA) is 49.7 Å². The van der Waals surface area contributed by atoms with Crippen LogP contribution in [0.3, 0.4) is 0 Å². The Morgan fingerprint density at radius 3 is 2.50 bits per heavy atom. The van der Waals surface area contributed by atoms with Gasteiger partial charge in [0.2, 0.25) is 0 Å². The van der Waals surface area contributed by atoms with Gasteiger partial charge in [0.15, 0.2) is 11.6 Å². The molecule has 2 N–H and O–H groups in total. The van der Waals surface area contributed by atoms with Crippen molar-refractivity contribution in [1.29, 1.82) is 0 Å². The number of hydrogen-bond donors (Lipinski definition) is 2. The normalized spacial score (nSPS) is 10.4. The Balaban J connectivity index is 2.22. The highest BCUT2D eigenvalue weighted by atomic mass is 19.2. The summed E-state index contributed by atoms with van der Waals surface area (Å²) in [5.74, 6) is -2.88. The third-order valence-electron chi connectivity index (χ3n) is 2.67. The molecule has 0 radical (unpaired) electrons. The average molecular weight is 282 g/mol. The lowest BCUT2D eigenvalue weighted by molar-refractivity contribution is 0.296. The van der Waals surface area contributed by atoms with Gasteiger partial charge in [-0.05, 0) is 12.1 Å². The van der Waals surface area contributed by atoms with Crippen LogP contribution in [0.5, 0.6) is 5.75 Å². The Bertz CT molecular complexity index is 620. The van der Waals surface area contributed by atoms with Crippen molar-refractivity contribution in [3.8, 4) is 5.75 Å². The van der Waals surface area contributed by atoms with E-state index in [4.69, 9.17) is 14.8 Å². The molecule has 0 saturated carbocycles. The molecule has 2 aromatic carbocycles. The second-order valence-corrected chi connectivity index (χ2v) is 4.06. The standard InChI is InChI=1S/C13H10BF3O3/c15-9-4-5-10(14(18)19)12(6-9)20-7-8-2-1-3-11(16)13(8)17/h1-6,18-19H,7H2. The zero-order valence-electron chi connectivity index (χ0n) is 10.2. The summed E-state index contributed by atoms with van der Waals surface area (Å²) < 4.78 is 44.7. The molecule has 0 aromatic heterocycles. The van der Waals surface area contributed by atoms with E-state index in [2.05, 4.69) is 0 Å². The lowest BCUT2D eigenvalue weighted by Gasteiger charge is -2.12. The minimum absolute atomic E-state index is 0.0624. The van der Waals surface area contributed by atoms with Crippen LogP contribution >= 0.6 is 0 Å². The maximum absolute atomic E-state index is 13.4. The summed E-state index contributed by atoms with van der Waals surface area (Å²) in [7, 11) is -1.86. The van der Waals surface area contributed by atoms with E-state index < -0.39 is 24.6 Å². The molecule has 0 fully saturated rings. The van der Waals surface area contributed by atoms with Gasteiger partial charge in [-0.3, -0.25) is 0 Å². The van der Waals surface area contributed by atoms with Gasteiger partial charge in [0.1, 0.15) is 18.2 Å². The second kappa shape index (κ2) is 5.98. The minimum Gasteiger partial charge on any atom is -0.489 e. The lowest BCUT2D eigenvalue weighted by atomic mass is 9.79. The van der Waals surface area contributed by atoms with E-state index >= 15 is 0 Å². The zero-order chi connectivity index (χ0) is 14.7. The van der Waals surface area contributed by atoms with Crippen molar-refractivity contribution in [2.75, 3.05) is 0 Å². The summed E-state index contributed by atoms with van der Waals surface area (Å²) in [6, 6.07) is 6.69. The van der Waals surface area contributed by atoms with Crippen molar-refractivity contribution in [3.63, 3.8) is 0 Å². The van der Waals surface area contributed by atoms with Gasteiger partial charge in [0, 0.05) is 17.1 Å². The van der Waals surface area contributed by atoms with Crippen molar-refractivity contribution in [1.82, 2.24) is 0 Å². The smallest absolute Gasteiger partial charge is 0.489 e. The van der Waals surface area contributed by atoms with Gasteiger partial charge in [-0.25, -0.2) is 13.2 Å².